The second-order valence-corrected chi connectivity index (χ2v) is 6.98. The number of aromatic nitrogens is 2. The van der Waals surface area contributed by atoms with Gasteiger partial charge in [0.15, 0.2) is 0 Å². The van der Waals surface area contributed by atoms with Gasteiger partial charge in [0.25, 0.3) is 0 Å². The largest absolute Gasteiger partial charge is 0.495 e. The maximum absolute atomic E-state index is 12.8. The number of carbonyl (C=O) groups is 1. The van der Waals surface area contributed by atoms with E-state index in [1.54, 1.807) is 31.4 Å². The van der Waals surface area contributed by atoms with Crippen LogP contribution < -0.4 is 14.8 Å². The van der Waals surface area contributed by atoms with Crippen molar-refractivity contribution >= 4 is 34.2 Å². The summed E-state index contributed by atoms with van der Waals surface area (Å²) in [5, 5.41) is 3.42. The molecule has 0 fully saturated rings. The van der Waals surface area contributed by atoms with E-state index in [2.05, 4.69) is 10.3 Å². The molecule has 0 bridgehead atoms. The lowest BCUT2D eigenvalue weighted by atomic mass is 10.3. The fourth-order valence-electron chi connectivity index (χ4n) is 3.20. The van der Waals surface area contributed by atoms with Gasteiger partial charge in [-0.05, 0) is 36.4 Å². The molecule has 30 heavy (non-hydrogen) atoms. The summed E-state index contributed by atoms with van der Waals surface area (Å²) < 4.78 is 13.0. The summed E-state index contributed by atoms with van der Waals surface area (Å²) in [5.74, 6) is 1.60. The van der Waals surface area contributed by atoms with Crippen LogP contribution in [0.25, 0.3) is 11.0 Å². The highest BCUT2D eigenvalue weighted by atomic mass is 35.5. The van der Waals surface area contributed by atoms with E-state index >= 15 is 0 Å². The zero-order valence-electron chi connectivity index (χ0n) is 16.3. The van der Waals surface area contributed by atoms with Crippen LogP contribution in [0.1, 0.15) is 5.82 Å². The van der Waals surface area contributed by atoms with E-state index in [-0.39, 0.29) is 19.1 Å². The lowest BCUT2D eigenvalue weighted by molar-refractivity contribution is -0.116. The second-order valence-electron chi connectivity index (χ2n) is 6.57. The monoisotopic (exact) mass is 421 g/mol. The van der Waals surface area contributed by atoms with Gasteiger partial charge in [-0.3, -0.25) is 4.79 Å². The Morgan fingerprint density at radius 3 is 2.50 bits per heavy atom. The number of fused-ring (bicyclic) bond motifs is 1. The van der Waals surface area contributed by atoms with E-state index < -0.39 is 0 Å². The van der Waals surface area contributed by atoms with Gasteiger partial charge in [-0.15, -0.1) is 0 Å². The highest BCUT2D eigenvalue weighted by Crippen LogP contribution is 2.26. The first kappa shape index (κ1) is 19.8. The number of amides is 1. The molecule has 3 aromatic carbocycles. The quantitative estimate of drug-likeness (QED) is 0.460. The third-order valence-corrected chi connectivity index (χ3v) is 4.92. The first-order valence-corrected chi connectivity index (χ1v) is 9.78. The maximum Gasteiger partial charge on any atom is 0.244 e. The third kappa shape index (κ3) is 4.23. The molecule has 1 heterocycles. The Morgan fingerprint density at radius 1 is 1.00 bits per heavy atom. The van der Waals surface area contributed by atoms with Gasteiger partial charge in [-0.2, -0.15) is 0 Å². The molecule has 0 radical (unpaired) electrons. The molecule has 1 amide bonds. The van der Waals surface area contributed by atoms with E-state index in [1.807, 2.05) is 53.1 Å². The van der Waals surface area contributed by atoms with Crippen molar-refractivity contribution in [1.82, 2.24) is 9.55 Å². The summed E-state index contributed by atoms with van der Waals surface area (Å²) in [6.07, 6.45) is 0. The summed E-state index contributed by atoms with van der Waals surface area (Å²) in [4.78, 5) is 17.4. The topological polar surface area (TPSA) is 65.4 Å². The normalized spacial score (nSPS) is 10.7. The van der Waals surface area contributed by atoms with Gasteiger partial charge in [0, 0.05) is 0 Å². The van der Waals surface area contributed by atoms with Crippen molar-refractivity contribution in [3.05, 3.63) is 83.6 Å². The Labute approximate surface area is 179 Å². The van der Waals surface area contributed by atoms with Crippen molar-refractivity contribution < 1.29 is 14.3 Å². The Morgan fingerprint density at radius 2 is 1.70 bits per heavy atom. The summed E-state index contributed by atoms with van der Waals surface area (Å²) in [6, 6.07) is 22.2. The molecule has 4 aromatic rings. The fourth-order valence-corrected chi connectivity index (χ4v) is 3.39. The van der Waals surface area contributed by atoms with Crippen LogP contribution in [0.3, 0.4) is 0 Å². The average Bonchev–Trinajstić information content (AvgIpc) is 3.11. The number of carbonyl (C=O) groups excluding carboxylic acids is 1. The molecule has 0 saturated carbocycles. The molecule has 4 rings (SSSR count). The predicted octanol–water partition coefficient (Wildman–Crippen LogP) is 4.92. The van der Waals surface area contributed by atoms with Gasteiger partial charge in [0.1, 0.15) is 30.5 Å². The number of nitrogens with one attached hydrogen (secondary N) is 1. The lowest BCUT2D eigenvalue weighted by Gasteiger charge is -2.13. The van der Waals surface area contributed by atoms with Gasteiger partial charge >= 0.3 is 0 Å². The molecule has 0 aliphatic heterocycles. The van der Waals surface area contributed by atoms with Gasteiger partial charge in [-0.1, -0.05) is 48.0 Å². The molecule has 0 aliphatic carbocycles. The van der Waals surface area contributed by atoms with E-state index in [0.29, 0.717) is 28.0 Å². The number of nitrogens with zero attached hydrogens (tertiary/aromatic N) is 2. The van der Waals surface area contributed by atoms with Crippen LogP contribution in [-0.4, -0.2) is 22.6 Å². The summed E-state index contributed by atoms with van der Waals surface area (Å²) in [6.45, 7) is 0.264. The van der Waals surface area contributed by atoms with Crippen molar-refractivity contribution in [2.45, 2.75) is 13.2 Å². The highest BCUT2D eigenvalue weighted by molar-refractivity contribution is 6.32. The maximum atomic E-state index is 12.8. The molecule has 1 N–H and O–H groups in total. The Bertz CT molecular complexity index is 1190. The van der Waals surface area contributed by atoms with Crippen LogP contribution in [-0.2, 0) is 17.9 Å². The molecule has 0 atom stereocenters. The summed E-state index contributed by atoms with van der Waals surface area (Å²) >= 11 is 6.18. The molecule has 7 heteroatoms. The van der Waals surface area contributed by atoms with E-state index in [1.165, 1.54) is 0 Å². The Balaban J connectivity index is 1.58. The van der Waals surface area contributed by atoms with Crippen LogP contribution in [0, 0.1) is 0 Å². The van der Waals surface area contributed by atoms with Crippen LogP contribution in [0.15, 0.2) is 72.8 Å². The Kier molecular flexibility index (Phi) is 5.86. The molecule has 1 aromatic heterocycles. The SMILES string of the molecule is COc1ccccc1NC(=O)Cn1c(COc2ccccc2Cl)nc2ccccc21. The van der Waals surface area contributed by atoms with Crippen LogP contribution in [0.5, 0.6) is 11.5 Å². The number of anilines is 1. The van der Waals surface area contributed by atoms with Crippen LogP contribution in [0.4, 0.5) is 5.69 Å². The van der Waals surface area contributed by atoms with Gasteiger partial charge < -0.3 is 19.4 Å². The van der Waals surface area contributed by atoms with E-state index in [0.717, 1.165) is 11.0 Å². The molecular formula is C23H20ClN3O3. The first-order chi connectivity index (χ1) is 14.7. The number of hydrogen-bond donors (Lipinski definition) is 1. The van der Waals surface area contributed by atoms with Gasteiger partial charge in [0.05, 0.1) is 28.9 Å². The number of para-hydroxylation sites is 5. The second kappa shape index (κ2) is 8.88. The first-order valence-electron chi connectivity index (χ1n) is 9.40. The number of imidazole rings is 1. The van der Waals surface area contributed by atoms with Crippen molar-refractivity contribution in [3.63, 3.8) is 0 Å². The van der Waals surface area contributed by atoms with E-state index in [4.69, 9.17) is 21.1 Å². The van der Waals surface area contributed by atoms with Crippen molar-refractivity contribution in [2.24, 2.45) is 0 Å². The number of benzene rings is 3. The van der Waals surface area contributed by atoms with Gasteiger partial charge in [-0.25, -0.2) is 4.98 Å². The molecule has 152 valence electrons. The minimum Gasteiger partial charge on any atom is -0.495 e. The number of rotatable bonds is 7. The van der Waals surface area contributed by atoms with Crippen molar-refractivity contribution in [1.29, 1.82) is 0 Å². The van der Waals surface area contributed by atoms with Crippen molar-refractivity contribution in [3.8, 4) is 11.5 Å². The zero-order chi connectivity index (χ0) is 20.9. The zero-order valence-corrected chi connectivity index (χ0v) is 17.1. The number of hydrogen-bond acceptors (Lipinski definition) is 4. The molecule has 0 spiro atoms. The number of ether oxygens (including phenoxy) is 2. The molecule has 0 unspecified atom stereocenters. The fraction of sp³-hybridized carbons (Fsp3) is 0.130. The lowest BCUT2D eigenvalue weighted by Crippen LogP contribution is -2.21. The van der Waals surface area contributed by atoms with Crippen molar-refractivity contribution in [2.75, 3.05) is 12.4 Å². The molecule has 0 aliphatic rings. The van der Waals surface area contributed by atoms with E-state index in [9.17, 15) is 4.79 Å². The molecular weight excluding hydrogens is 402 g/mol. The summed E-state index contributed by atoms with van der Waals surface area (Å²) in [7, 11) is 1.57. The number of methoxy groups -OCH3 is 1. The van der Waals surface area contributed by atoms with Gasteiger partial charge in [0.2, 0.25) is 5.91 Å². The summed E-state index contributed by atoms with van der Waals surface area (Å²) in [5.41, 5.74) is 2.26. The standard InChI is InChI=1S/C23H20ClN3O3/c1-29-21-13-7-4-10-18(21)26-23(28)14-27-19-11-5-3-9-17(19)25-22(27)15-30-20-12-6-2-8-16(20)24/h2-13H,14-15H2,1H3,(H,26,28). The predicted molar refractivity (Wildman–Crippen MR) is 117 cm³/mol. The minimum atomic E-state index is -0.193. The average molecular weight is 422 g/mol. The third-order valence-electron chi connectivity index (χ3n) is 4.61. The van der Waals surface area contributed by atoms with Crippen LogP contribution >= 0.6 is 11.6 Å². The minimum absolute atomic E-state index is 0.0831. The smallest absolute Gasteiger partial charge is 0.244 e. The number of halogens is 1. The molecule has 6 nitrogen and oxygen atoms in total. The highest BCUT2D eigenvalue weighted by Gasteiger charge is 2.16. The Hall–Kier alpha value is -3.51. The van der Waals surface area contributed by atoms with Crippen LogP contribution in [0.2, 0.25) is 5.02 Å². The molecule has 0 saturated heterocycles.